The molecule has 0 aliphatic heterocycles. The third-order valence-electron chi connectivity index (χ3n) is 3.58. The van der Waals surface area contributed by atoms with Gasteiger partial charge in [-0.05, 0) is 40.7 Å². The van der Waals surface area contributed by atoms with Crippen molar-refractivity contribution < 1.29 is 4.79 Å². The van der Waals surface area contributed by atoms with E-state index in [1.54, 1.807) is 12.1 Å². The molecule has 0 saturated heterocycles. The lowest BCUT2D eigenvalue weighted by atomic mass is 10.0. The molecule has 0 aromatic heterocycles. The summed E-state index contributed by atoms with van der Waals surface area (Å²) in [5.74, 6) is -0.207. The number of benzene rings is 3. The van der Waals surface area contributed by atoms with Crippen LogP contribution in [0.5, 0.6) is 0 Å². The molecule has 23 heavy (non-hydrogen) atoms. The number of carbonyl (C=O) groups excluding carboxylic acids is 1. The molecule has 0 saturated carbocycles. The highest BCUT2D eigenvalue weighted by atomic mass is 32.1. The monoisotopic (exact) mass is 320 g/mol. The van der Waals surface area contributed by atoms with Crippen molar-refractivity contribution in [3.05, 3.63) is 83.9 Å². The number of rotatable bonds is 3. The Kier molecular flexibility index (Phi) is 4.64. The number of amides is 1. The Morgan fingerprint density at radius 1 is 0.870 bits per heavy atom. The summed E-state index contributed by atoms with van der Waals surface area (Å²) in [5.41, 5.74) is 1.72. The number of hydrogen-bond donors (Lipinski definition) is 2. The fraction of sp³-hybridized carbons (Fsp3) is 0.0526. The molecule has 0 spiro atoms. The molecule has 4 heteroatoms. The molecule has 3 rings (SSSR count). The molecule has 0 heterocycles. The van der Waals surface area contributed by atoms with Gasteiger partial charge in [0.05, 0.1) is 0 Å². The van der Waals surface area contributed by atoms with Crippen LogP contribution in [0.1, 0.15) is 15.9 Å². The van der Waals surface area contributed by atoms with Crippen LogP contribution in [-0.2, 0) is 6.54 Å². The van der Waals surface area contributed by atoms with Gasteiger partial charge in [0.15, 0.2) is 5.11 Å². The van der Waals surface area contributed by atoms with Gasteiger partial charge in [0.1, 0.15) is 0 Å². The van der Waals surface area contributed by atoms with Crippen molar-refractivity contribution in [3.8, 4) is 0 Å². The van der Waals surface area contributed by atoms with Gasteiger partial charge in [-0.25, -0.2) is 0 Å². The van der Waals surface area contributed by atoms with Crippen LogP contribution < -0.4 is 10.6 Å². The first-order chi connectivity index (χ1) is 11.2. The molecule has 0 radical (unpaired) electrons. The van der Waals surface area contributed by atoms with Crippen LogP contribution in [0.3, 0.4) is 0 Å². The number of thiocarbonyl (C=S) groups is 1. The third kappa shape index (κ3) is 3.73. The van der Waals surface area contributed by atoms with Crippen molar-refractivity contribution in [1.29, 1.82) is 0 Å². The smallest absolute Gasteiger partial charge is 0.257 e. The highest BCUT2D eigenvalue weighted by Crippen LogP contribution is 2.18. The molecule has 3 aromatic rings. The van der Waals surface area contributed by atoms with E-state index in [0.717, 1.165) is 5.56 Å². The minimum absolute atomic E-state index is 0.207. The number of carbonyl (C=O) groups is 1. The first-order valence-electron chi connectivity index (χ1n) is 7.35. The van der Waals surface area contributed by atoms with Crippen molar-refractivity contribution in [2.75, 3.05) is 0 Å². The maximum absolute atomic E-state index is 12.0. The molecule has 0 aliphatic carbocycles. The Morgan fingerprint density at radius 2 is 1.57 bits per heavy atom. The summed E-state index contributed by atoms with van der Waals surface area (Å²) < 4.78 is 0. The summed E-state index contributed by atoms with van der Waals surface area (Å²) in [4.78, 5) is 12.0. The van der Waals surface area contributed by atoms with E-state index >= 15 is 0 Å². The SMILES string of the molecule is O=C(NC(=S)NCc1cccc2ccccc12)c1ccccc1. The molecule has 114 valence electrons. The standard InChI is InChI=1S/C19H16N2OS/c22-18(15-8-2-1-3-9-15)21-19(23)20-13-16-11-6-10-14-7-4-5-12-17(14)16/h1-12H,13H2,(H2,20,21,22,23). The number of hydrogen-bond acceptors (Lipinski definition) is 2. The second kappa shape index (κ2) is 7.03. The van der Waals surface area contributed by atoms with Crippen molar-refractivity contribution in [3.63, 3.8) is 0 Å². The maximum atomic E-state index is 12.0. The summed E-state index contributed by atoms with van der Waals surface area (Å²) in [5, 5.41) is 8.48. The summed E-state index contributed by atoms with van der Waals surface area (Å²) >= 11 is 5.21. The lowest BCUT2D eigenvalue weighted by Crippen LogP contribution is -2.38. The van der Waals surface area contributed by atoms with Gasteiger partial charge in [0.2, 0.25) is 0 Å². The van der Waals surface area contributed by atoms with E-state index in [1.165, 1.54) is 10.8 Å². The van der Waals surface area contributed by atoms with Gasteiger partial charge >= 0.3 is 0 Å². The molecule has 3 nitrogen and oxygen atoms in total. The van der Waals surface area contributed by atoms with E-state index in [9.17, 15) is 4.79 Å². The fourth-order valence-corrected chi connectivity index (χ4v) is 2.60. The van der Waals surface area contributed by atoms with E-state index in [0.29, 0.717) is 17.2 Å². The molecule has 0 aliphatic rings. The molecule has 2 N–H and O–H groups in total. The van der Waals surface area contributed by atoms with Gasteiger partial charge in [-0.2, -0.15) is 0 Å². The first-order valence-corrected chi connectivity index (χ1v) is 7.76. The highest BCUT2D eigenvalue weighted by molar-refractivity contribution is 7.80. The fourth-order valence-electron chi connectivity index (χ4n) is 2.43. The van der Waals surface area contributed by atoms with Crippen molar-refractivity contribution in [2.24, 2.45) is 0 Å². The molecule has 0 bridgehead atoms. The zero-order valence-electron chi connectivity index (χ0n) is 12.5. The second-order valence-corrected chi connectivity index (χ2v) is 5.55. The van der Waals surface area contributed by atoms with Gasteiger partial charge in [0.25, 0.3) is 5.91 Å². The summed E-state index contributed by atoms with van der Waals surface area (Å²) in [6.45, 7) is 0.565. The van der Waals surface area contributed by atoms with Gasteiger partial charge in [-0.15, -0.1) is 0 Å². The Labute approximate surface area is 140 Å². The molecule has 1 amide bonds. The van der Waals surface area contributed by atoms with Gasteiger partial charge in [-0.3, -0.25) is 10.1 Å². The molecular formula is C19H16N2OS. The molecule has 0 atom stereocenters. The van der Waals surface area contributed by atoms with Crippen molar-refractivity contribution >= 4 is 34.0 Å². The molecule has 3 aromatic carbocycles. The van der Waals surface area contributed by atoms with Crippen LogP contribution in [0.15, 0.2) is 72.8 Å². The topological polar surface area (TPSA) is 41.1 Å². The average molecular weight is 320 g/mol. The quantitative estimate of drug-likeness (QED) is 0.724. The molecular weight excluding hydrogens is 304 g/mol. The largest absolute Gasteiger partial charge is 0.358 e. The maximum Gasteiger partial charge on any atom is 0.257 e. The second-order valence-electron chi connectivity index (χ2n) is 5.14. The zero-order valence-corrected chi connectivity index (χ0v) is 13.3. The normalized spacial score (nSPS) is 10.3. The molecule has 0 fully saturated rings. The van der Waals surface area contributed by atoms with Crippen LogP contribution >= 0.6 is 12.2 Å². The first kappa shape index (κ1) is 15.2. The minimum atomic E-state index is -0.207. The molecule has 0 unspecified atom stereocenters. The summed E-state index contributed by atoms with van der Waals surface area (Å²) in [7, 11) is 0. The van der Waals surface area contributed by atoms with Crippen molar-refractivity contribution in [2.45, 2.75) is 6.54 Å². The number of nitrogens with one attached hydrogen (secondary N) is 2. The van der Waals surface area contributed by atoms with E-state index in [-0.39, 0.29) is 5.91 Å². The lowest BCUT2D eigenvalue weighted by Gasteiger charge is -2.11. The Balaban J connectivity index is 1.64. The highest BCUT2D eigenvalue weighted by Gasteiger charge is 2.07. The average Bonchev–Trinajstić information content (AvgIpc) is 2.60. The van der Waals surface area contributed by atoms with Crippen LogP contribution in [0.4, 0.5) is 0 Å². The predicted octanol–water partition coefficient (Wildman–Crippen LogP) is 3.64. The van der Waals surface area contributed by atoms with Crippen molar-refractivity contribution in [1.82, 2.24) is 10.6 Å². The van der Waals surface area contributed by atoms with Gasteiger partial charge < -0.3 is 5.32 Å². The summed E-state index contributed by atoms with van der Waals surface area (Å²) in [6.07, 6.45) is 0. The predicted molar refractivity (Wildman–Crippen MR) is 97.3 cm³/mol. The minimum Gasteiger partial charge on any atom is -0.358 e. The number of fused-ring (bicyclic) bond motifs is 1. The van der Waals surface area contributed by atoms with Gasteiger partial charge in [-0.1, -0.05) is 60.7 Å². The van der Waals surface area contributed by atoms with Gasteiger partial charge in [0, 0.05) is 12.1 Å². The van der Waals surface area contributed by atoms with Crippen LogP contribution in [0.25, 0.3) is 10.8 Å². The van der Waals surface area contributed by atoms with Crippen LogP contribution in [-0.4, -0.2) is 11.0 Å². The van der Waals surface area contributed by atoms with Crippen LogP contribution in [0.2, 0.25) is 0 Å². The summed E-state index contributed by atoms with van der Waals surface area (Å²) in [6, 6.07) is 23.4. The zero-order chi connectivity index (χ0) is 16.1. The Bertz CT molecular complexity index is 841. The Morgan fingerprint density at radius 3 is 2.39 bits per heavy atom. The van der Waals surface area contributed by atoms with E-state index in [2.05, 4.69) is 34.9 Å². The van der Waals surface area contributed by atoms with E-state index in [1.807, 2.05) is 36.4 Å². The van der Waals surface area contributed by atoms with Crippen LogP contribution in [0, 0.1) is 0 Å². The van der Waals surface area contributed by atoms with E-state index < -0.39 is 0 Å². The third-order valence-corrected chi connectivity index (χ3v) is 3.83. The Hall–Kier alpha value is -2.72. The van der Waals surface area contributed by atoms with E-state index in [4.69, 9.17) is 12.2 Å². The lowest BCUT2D eigenvalue weighted by molar-refractivity contribution is 0.0976.